The molecule has 21 heavy (non-hydrogen) atoms. The fourth-order valence-corrected chi connectivity index (χ4v) is 2.96. The van der Waals surface area contributed by atoms with E-state index in [0.29, 0.717) is 0 Å². The van der Waals surface area contributed by atoms with Crippen LogP contribution in [0.25, 0.3) is 0 Å². The number of unbranched alkanes of at least 4 members (excludes halogenated alkanes) is 13. The van der Waals surface area contributed by atoms with Crippen molar-refractivity contribution in [3.63, 3.8) is 0 Å². The Balaban J connectivity index is 3.01. The zero-order chi connectivity index (χ0) is 15.6. The standard InChI is InChI=1S/C19H38OS/c1-3-5-6-7-8-9-10-11-12-13-14-15-16-17-18-19(21)20-4-2/h3-18H2,1-2H3. The van der Waals surface area contributed by atoms with E-state index in [2.05, 4.69) is 6.92 Å². The van der Waals surface area contributed by atoms with Crippen LogP contribution in [-0.4, -0.2) is 11.7 Å². The van der Waals surface area contributed by atoms with E-state index in [4.69, 9.17) is 17.0 Å². The quantitative estimate of drug-likeness (QED) is 0.220. The summed E-state index contributed by atoms with van der Waals surface area (Å²) >= 11 is 5.12. The second-order valence-corrected chi connectivity index (χ2v) is 6.61. The summed E-state index contributed by atoms with van der Waals surface area (Å²) < 4.78 is 5.29. The second kappa shape index (κ2) is 17.9. The molecule has 0 aromatic carbocycles. The minimum Gasteiger partial charge on any atom is -0.487 e. The van der Waals surface area contributed by atoms with Crippen LogP contribution in [0.4, 0.5) is 0 Å². The maximum absolute atomic E-state index is 5.29. The summed E-state index contributed by atoms with van der Waals surface area (Å²) in [6.45, 7) is 5.00. The van der Waals surface area contributed by atoms with Gasteiger partial charge in [-0.3, -0.25) is 0 Å². The van der Waals surface area contributed by atoms with Crippen molar-refractivity contribution < 1.29 is 4.74 Å². The van der Waals surface area contributed by atoms with Crippen molar-refractivity contribution in [2.45, 2.75) is 110 Å². The van der Waals surface area contributed by atoms with Gasteiger partial charge in [-0.25, -0.2) is 0 Å². The normalized spacial score (nSPS) is 10.8. The van der Waals surface area contributed by atoms with Crippen LogP contribution in [0.3, 0.4) is 0 Å². The largest absolute Gasteiger partial charge is 0.487 e. The van der Waals surface area contributed by atoms with Gasteiger partial charge in [0.25, 0.3) is 0 Å². The molecule has 0 amide bonds. The van der Waals surface area contributed by atoms with Crippen molar-refractivity contribution >= 4 is 17.3 Å². The molecule has 0 aliphatic rings. The SMILES string of the molecule is CCCCCCCCCCCCCCCCC(=S)OCC. The third-order valence-electron chi connectivity index (χ3n) is 4.04. The minimum absolute atomic E-state index is 0.720. The molecule has 0 N–H and O–H groups in total. The van der Waals surface area contributed by atoms with E-state index in [1.165, 1.54) is 89.9 Å². The molecule has 0 saturated heterocycles. The smallest absolute Gasteiger partial charge is 0.159 e. The number of thiocarbonyl (C=S) groups is 1. The molecule has 0 unspecified atom stereocenters. The van der Waals surface area contributed by atoms with E-state index >= 15 is 0 Å². The highest BCUT2D eigenvalue weighted by molar-refractivity contribution is 7.80. The number of hydrogen-bond donors (Lipinski definition) is 0. The minimum atomic E-state index is 0.720. The third kappa shape index (κ3) is 17.8. The summed E-state index contributed by atoms with van der Waals surface area (Å²) in [5.41, 5.74) is 0. The van der Waals surface area contributed by atoms with Crippen molar-refractivity contribution in [2.24, 2.45) is 0 Å². The fourth-order valence-electron chi connectivity index (χ4n) is 2.70. The van der Waals surface area contributed by atoms with Crippen LogP contribution in [-0.2, 0) is 4.74 Å². The monoisotopic (exact) mass is 314 g/mol. The van der Waals surface area contributed by atoms with Crippen LogP contribution in [0.15, 0.2) is 0 Å². The van der Waals surface area contributed by atoms with Gasteiger partial charge in [0.2, 0.25) is 0 Å². The first-order valence-electron chi connectivity index (χ1n) is 9.46. The summed E-state index contributed by atoms with van der Waals surface area (Å²) in [5, 5.41) is 0.802. The Hall–Kier alpha value is -0.110. The maximum Gasteiger partial charge on any atom is 0.159 e. The van der Waals surface area contributed by atoms with Gasteiger partial charge in [0.05, 0.1) is 6.61 Å². The molecule has 0 heterocycles. The Kier molecular flexibility index (Phi) is 17.8. The van der Waals surface area contributed by atoms with E-state index in [1.807, 2.05) is 6.92 Å². The van der Waals surface area contributed by atoms with Crippen molar-refractivity contribution in [3.05, 3.63) is 0 Å². The Morgan fingerprint density at radius 3 is 1.38 bits per heavy atom. The molecule has 0 spiro atoms. The van der Waals surface area contributed by atoms with Crippen molar-refractivity contribution in [1.29, 1.82) is 0 Å². The van der Waals surface area contributed by atoms with Crippen LogP contribution in [0, 0.1) is 0 Å². The van der Waals surface area contributed by atoms with Gasteiger partial charge in [-0.2, -0.15) is 0 Å². The molecule has 126 valence electrons. The maximum atomic E-state index is 5.29. The second-order valence-electron chi connectivity index (χ2n) is 6.15. The van der Waals surface area contributed by atoms with E-state index in [9.17, 15) is 0 Å². The van der Waals surface area contributed by atoms with Crippen LogP contribution >= 0.6 is 12.2 Å². The third-order valence-corrected chi connectivity index (χ3v) is 4.36. The molecule has 2 heteroatoms. The van der Waals surface area contributed by atoms with Gasteiger partial charge in [0.1, 0.15) is 0 Å². The first kappa shape index (κ1) is 20.9. The van der Waals surface area contributed by atoms with E-state index < -0.39 is 0 Å². The van der Waals surface area contributed by atoms with Crippen molar-refractivity contribution in [3.8, 4) is 0 Å². The van der Waals surface area contributed by atoms with Gasteiger partial charge < -0.3 is 4.74 Å². The van der Waals surface area contributed by atoms with E-state index in [1.54, 1.807) is 0 Å². The lowest BCUT2D eigenvalue weighted by molar-refractivity contribution is 0.325. The van der Waals surface area contributed by atoms with Gasteiger partial charge in [-0.05, 0) is 25.6 Å². The van der Waals surface area contributed by atoms with Crippen molar-refractivity contribution in [1.82, 2.24) is 0 Å². The predicted octanol–water partition coefficient (Wildman–Crippen LogP) is 7.22. The number of ether oxygens (including phenoxy) is 1. The van der Waals surface area contributed by atoms with E-state index in [0.717, 1.165) is 18.1 Å². The van der Waals surface area contributed by atoms with Gasteiger partial charge in [-0.1, -0.05) is 90.4 Å². The summed E-state index contributed by atoms with van der Waals surface area (Å²) in [5.74, 6) is 0. The fraction of sp³-hybridized carbons (Fsp3) is 0.947. The Morgan fingerprint density at radius 2 is 1.00 bits per heavy atom. The van der Waals surface area contributed by atoms with Gasteiger partial charge in [-0.15, -0.1) is 0 Å². The lowest BCUT2D eigenvalue weighted by Gasteiger charge is -2.05. The average molecular weight is 315 g/mol. The topological polar surface area (TPSA) is 9.23 Å². The molecular weight excluding hydrogens is 276 g/mol. The zero-order valence-corrected chi connectivity index (χ0v) is 15.4. The molecule has 0 radical (unpaired) electrons. The van der Waals surface area contributed by atoms with Crippen molar-refractivity contribution in [2.75, 3.05) is 6.61 Å². The molecule has 0 atom stereocenters. The Labute approximate surface area is 139 Å². The molecular formula is C19H38OS. The molecule has 0 aliphatic carbocycles. The lowest BCUT2D eigenvalue weighted by Crippen LogP contribution is -2.00. The molecule has 0 aromatic heterocycles. The van der Waals surface area contributed by atoms with Crippen LogP contribution in [0.1, 0.15) is 110 Å². The molecule has 0 bridgehead atoms. The predicted molar refractivity (Wildman–Crippen MR) is 99.2 cm³/mol. The molecule has 0 saturated carbocycles. The van der Waals surface area contributed by atoms with Crippen LogP contribution < -0.4 is 0 Å². The lowest BCUT2D eigenvalue weighted by atomic mass is 10.0. The Morgan fingerprint density at radius 1 is 0.619 bits per heavy atom. The van der Waals surface area contributed by atoms with Crippen LogP contribution in [0.5, 0.6) is 0 Å². The van der Waals surface area contributed by atoms with Gasteiger partial charge >= 0.3 is 0 Å². The molecule has 0 fully saturated rings. The molecule has 0 rings (SSSR count). The van der Waals surface area contributed by atoms with Gasteiger partial charge in [0.15, 0.2) is 5.05 Å². The average Bonchev–Trinajstić information content (AvgIpc) is 2.48. The highest BCUT2D eigenvalue weighted by atomic mass is 32.1. The first-order chi connectivity index (χ1) is 10.3. The zero-order valence-electron chi connectivity index (χ0n) is 14.6. The molecule has 0 aromatic rings. The van der Waals surface area contributed by atoms with Gasteiger partial charge in [0, 0.05) is 6.42 Å². The first-order valence-corrected chi connectivity index (χ1v) is 9.87. The highest BCUT2D eigenvalue weighted by Gasteiger charge is 1.97. The summed E-state index contributed by atoms with van der Waals surface area (Å²) in [6, 6.07) is 0. The summed E-state index contributed by atoms with van der Waals surface area (Å²) in [7, 11) is 0. The molecule has 1 nitrogen and oxygen atoms in total. The van der Waals surface area contributed by atoms with E-state index in [-0.39, 0.29) is 0 Å². The summed E-state index contributed by atoms with van der Waals surface area (Å²) in [6.07, 6.45) is 20.6. The molecule has 0 aliphatic heterocycles. The summed E-state index contributed by atoms with van der Waals surface area (Å²) in [4.78, 5) is 0. The Bertz CT molecular complexity index is 216. The number of hydrogen-bond acceptors (Lipinski definition) is 2. The highest BCUT2D eigenvalue weighted by Crippen LogP contribution is 2.13. The number of rotatable bonds is 16. The van der Waals surface area contributed by atoms with Crippen LogP contribution in [0.2, 0.25) is 0 Å².